The molecule has 0 aromatic heterocycles. The molecule has 32 heavy (non-hydrogen) atoms. The Balaban J connectivity index is 1.42. The highest BCUT2D eigenvalue weighted by Gasteiger charge is 2.31. The van der Waals surface area contributed by atoms with Crippen LogP contribution in [0, 0.1) is 0 Å². The lowest BCUT2D eigenvalue weighted by Gasteiger charge is -2.36. The first-order valence-corrected chi connectivity index (χ1v) is 12.6. The van der Waals surface area contributed by atoms with Crippen LogP contribution in [0.2, 0.25) is 5.02 Å². The van der Waals surface area contributed by atoms with Gasteiger partial charge in [0.1, 0.15) is 0 Å². The monoisotopic (exact) mass is 476 g/mol. The van der Waals surface area contributed by atoms with Gasteiger partial charge >= 0.3 is 0 Å². The Bertz CT molecular complexity index is 1100. The van der Waals surface area contributed by atoms with Crippen LogP contribution in [-0.2, 0) is 34.5 Å². The highest BCUT2D eigenvalue weighted by molar-refractivity contribution is 7.86. The van der Waals surface area contributed by atoms with E-state index in [4.69, 9.17) is 11.6 Å². The van der Waals surface area contributed by atoms with Crippen LogP contribution >= 0.6 is 11.6 Å². The summed E-state index contributed by atoms with van der Waals surface area (Å²) in [4.78, 5) is 15.7. The van der Waals surface area contributed by atoms with Gasteiger partial charge in [0.25, 0.3) is 10.2 Å². The predicted molar refractivity (Wildman–Crippen MR) is 127 cm³/mol. The Morgan fingerprint density at radius 3 is 2.47 bits per heavy atom. The molecule has 0 spiro atoms. The first kappa shape index (κ1) is 23.0. The van der Waals surface area contributed by atoms with Crippen LogP contribution in [0.25, 0.3) is 0 Å². The number of amides is 1. The number of rotatable bonds is 5. The minimum Gasteiger partial charge on any atom is -0.368 e. The zero-order valence-corrected chi connectivity index (χ0v) is 20.1. The fraction of sp³-hybridized carbons (Fsp3) is 0.435. The first-order chi connectivity index (χ1) is 15.2. The van der Waals surface area contributed by atoms with E-state index in [2.05, 4.69) is 17.0 Å². The summed E-state index contributed by atoms with van der Waals surface area (Å²) in [5.41, 5.74) is 4.24. The molecule has 1 amide bonds. The third-order valence-corrected chi connectivity index (χ3v) is 8.39. The summed E-state index contributed by atoms with van der Waals surface area (Å²) >= 11 is 6.04. The SMILES string of the molecule is CC(=O)N1CCN(c2ccc3c(c2)CCN(S(=O)(=O)N(C)Cc2cccc(Cl)c2)C3)CC1. The number of halogens is 1. The normalized spacial score (nSPS) is 17.5. The molecule has 2 aromatic rings. The van der Waals surface area contributed by atoms with Crippen molar-refractivity contribution >= 4 is 33.4 Å². The van der Waals surface area contributed by atoms with Gasteiger partial charge in [0.2, 0.25) is 5.91 Å². The number of carbonyl (C=O) groups excluding carboxylic acids is 1. The predicted octanol–water partition coefficient (Wildman–Crippen LogP) is 2.74. The summed E-state index contributed by atoms with van der Waals surface area (Å²) in [6.07, 6.45) is 0.681. The molecule has 0 bridgehead atoms. The number of nitrogens with zero attached hydrogens (tertiary/aromatic N) is 4. The summed E-state index contributed by atoms with van der Waals surface area (Å²) in [6, 6.07) is 13.6. The number of fused-ring (bicyclic) bond motifs is 1. The second-order valence-corrected chi connectivity index (χ2v) is 10.9. The fourth-order valence-corrected chi connectivity index (χ4v) is 5.90. The Hall–Kier alpha value is -2.13. The van der Waals surface area contributed by atoms with E-state index in [0.29, 0.717) is 24.5 Å². The maximum absolute atomic E-state index is 13.2. The van der Waals surface area contributed by atoms with Crippen molar-refractivity contribution < 1.29 is 13.2 Å². The molecule has 0 atom stereocenters. The lowest BCUT2D eigenvalue weighted by molar-refractivity contribution is -0.129. The van der Waals surface area contributed by atoms with Gasteiger partial charge in [0, 0.05) is 70.5 Å². The molecule has 9 heteroatoms. The van der Waals surface area contributed by atoms with Crippen molar-refractivity contribution in [3.05, 3.63) is 64.2 Å². The average molecular weight is 477 g/mol. The second-order valence-electron chi connectivity index (χ2n) is 8.42. The van der Waals surface area contributed by atoms with E-state index in [1.165, 1.54) is 9.87 Å². The largest absolute Gasteiger partial charge is 0.368 e. The van der Waals surface area contributed by atoms with E-state index in [1.807, 2.05) is 23.1 Å². The fourth-order valence-electron chi connectivity index (χ4n) is 4.36. The zero-order valence-electron chi connectivity index (χ0n) is 18.5. The maximum atomic E-state index is 13.2. The van der Waals surface area contributed by atoms with E-state index in [9.17, 15) is 13.2 Å². The van der Waals surface area contributed by atoms with Crippen molar-refractivity contribution in [2.24, 2.45) is 0 Å². The molecule has 1 fully saturated rings. The van der Waals surface area contributed by atoms with Crippen LogP contribution < -0.4 is 4.90 Å². The van der Waals surface area contributed by atoms with Crippen molar-refractivity contribution in [2.45, 2.75) is 26.4 Å². The van der Waals surface area contributed by atoms with Crippen LogP contribution in [0.4, 0.5) is 5.69 Å². The highest BCUT2D eigenvalue weighted by atomic mass is 35.5. The Morgan fingerprint density at radius 2 is 1.78 bits per heavy atom. The van der Waals surface area contributed by atoms with Gasteiger partial charge in [0.05, 0.1) is 0 Å². The van der Waals surface area contributed by atoms with Crippen molar-refractivity contribution in [1.82, 2.24) is 13.5 Å². The van der Waals surface area contributed by atoms with Gasteiger partial charge in [-0.3, -0.25) is 4.79 Å². The molecule has 172 valence electrons. The van der Waals surface area contributed by atoms with E-state index in [0.717, 1.165) is 43.0 Å². The molecule has 2 aliphatic rings. The van der Waals surface area contributed by atoms with Crippen molar-refractivity contribution in [1.29, 1.82) is 0 Å². The van der Waals surface area contributed by atoms with Gasteiger partial charge in [-0.2, -0.15) is 17.0 Å². The third kappa shape index (κ3) is 4.93. The number of anilines is 1. The molecule has 0 radical (unpaired) electrons. The van der Waals surface area contributed by atoms with Gasteiger partial charge in [-0.15, -0.1) is 0 Å². The maximum Gasteiger partial charge on any atom is 0.282 e. The first-order valence-electron chi connectivity index (χ1n) is 10.8. The van der Waals surface area contributed by atoms with E-state index >= 15 is 0 Å². The summed E-state index contributed by atoms with van der Waals surface area (Å²) in [5.74, 6) is 0.122. The number of hydrogen-bond acceptors (Lipinski definition) is 4. The van der Waals surface area contributed by atoms with E-state index < -0.39 is 10.2 Å². The van der Waals surface area contributed by atoms with E-state index in [-0.39, 0.29) is 12.5 Å². The van der Waals surface area contributed by atoms with Crippen LogP contribution in [0.5, 0.6) is 0 Å². The number of piperazine rings is 1. The molecule has 0 unspecified atom stereocenters. The lowest BCUT2D eigenvalue weighted by Crippen LogP contribution is -2.48. The standard InChI is InChI=1S/C23H29ClN4O3S/c1-18(29)26-10-12-27(13-11-26)23-7-6-21-17-28(9-8-20(21)15-23)32(30,31)25(2)16-19-4-3-5-22(24)14-19/h3-7,14-15H,8-13,16-17H2,1-2H3. The quantitative estimate of drug-likeness (QED) is 0.665. The molecule has 0 aliphatic carbocycles. The molecule has 0 saturated carbocycles. The molecule has 1 saturated heterocycles. The Morgan fingerprint density at radius 1 is 1.03 bits per heavy atom. The summed E-state index contributed by atoms with van der Waals surface area (Å²) in [5, 5.41) is 0.596. The minimum absolute atomic E-state index is 0.122. The zero-order chi connectivity index (χ0) is 22.9. The molecule has 2 aromatic carbocycles. The molecular formula is C23H29ClN4O3S. The van der Waals surface area contributed by atoms with Crippen LogP contribution in [0.1, 0.15) is 23.6 Å². The highest BCUT2D eigenvalue weighted by Crippen LogP contribution is 2.28. The summed E-state index contributed by atoms with van der Waals surface area (Å²) < 4.78 is 29.3. The Labute approximate surface area is 195 Å². The third-order valence-electron chi connectivity index (χ3n) is 6.27. The Kier molecular flexibility index (Phi) is 6.76. The van der Waals surface area contributed by atoms with Crippen LogP contribution in [0.15, 0.2) is 42.5 Å². The minimum atomic E-state index is -3.58. The van der Waals surface area contributed by atoms with Crippen molar-refractivity contribution in [3.63, 3.8) is 0 Å². The number of benzene rings is 2. The topological polar surface area (TPSA) is 64.2 Å². The van der Waals surface area contributed by atoms with Gasteiger partial charge < -0.3 is 9.80 Å². The average Bonchev–Trinajstić information content (AvgIpc) is 2.78. The van der Waals surface area contributed by atoms with E-state index in [1.54, 1.807) is 30.4 Å². The molecule has 7 nitrogen and oxygen atoms in total. The van der Waals surface area contributed by atoms with Gasteiger partial charge in [-0.1, -0.05) is 29.8 Å². The van der Waals surface area contributed by atoms with Crippen molar-refractivity contribution in [3.8, 4) is 0 Å². The molecule has 2 heterocycles. The number of carbonyl (C=O) groups is 1. The van der Waals surface area contributed by atoms with Gasteiger partial charge in [0.15, 0.2) is 0 Å². The molecule has 0 N–H and O–H groups in total. The summed E-state index contributed by atoms with van der Waals surface area (Å²) in [7, 11) is -1.98. The van der Waals surface area contributed by atoms with Crippen molar-refractivity contribution in [2.75, 3.05) is 44.7 Å². The second kappa shape index (κ2) is 9.39. The van der Waals surface area contributed by atoms with Gasteiger partial charge in [-0.05, 0) is 47.4 Å². The number of hydrogen-bond donors (Lipinski definition) is 0. The van der Waals surface area contributed by atoms with Crippen LogP contribution in [0.3, 0.4) is 0 Å². The van der Waals surface area contributed by atoms with Crippen LogP contribution in [-0.4, -0.2) is 67.6 Å². The molecular weight excluding hydrogens is 448 g/mol. The smallest absolute Gasteiger partial charge is 0.282 e. The van der Waals surface area contributed by atoms with Gasteiger partial charge in [-0.25, -0.2) is 0 Å². The molecule has 4 rings (SSSR count). The molecule has 2 aliphatic heterocycles. The summed E-state index contributed by atoms with van der Waals surface area (Å²) in [6.45, 7) is 5.81. The lowest BCUT2D eigenvalue weighted by atomic mass is 10.00.